The van der Waals surface area contributed by atoms with Gasteiger partial charge in [-0.05, 0) is 37.5 Å². The van der Waals surface area contributed by atoms with E-state index in [2.05, 4.69) is 33.0 Å². The van der Waals surface area contributed by atoms with Crippen molar-refractivity contribution in [1.82, 2.24) is 5.32 Å². The number of rotatable bonds is 3. The van der Waals surface area contributed by atoms with E-state index in [0.29, 0.717) is 12.5 Å². The van der Waals surface area contributed by atoms with Crippen LogP contribution in [0.2, 0.25) is 0 Å². The Morgan fingerprint density at radius 1 is 1.28 bits per heavy atom. The summed E-state index contributed by atoms with van der Waals surface area (Å²) in [7, 11) is 0. The first-order valence-corrected chi connectivity index (χ1v) is 6.62. The minimum atomic E-state index is -0.466. The second kappa shape index (κ2) is 4.41. The molecule has 4 nitrogen and oxygen atoms in total. The molecule has 0 aromatic rings. The van der Waals surface area contributed by atoms with Gasteiger partial charge in [-0.3, -0.25) is 0 Å². The van der Waals surface area contributed by atoms with Crippen LogP contribution in [0.15, 0.2) is 0 Å². The molecule has 0 saturated heterocycles. The van der Waals surface area contributed by atoms with E-state index in [0.717, 1.165) is 0 Å². The SMILES string of the molecule is CC(C)(C)OC(=O)NCC(N)C1C(C)(C)C1(C)C. The average molecular weight is 256 g/mol. The Morgan fingerprint density at radius 3 is 2.06 bits per heavy atom. The van der Waals surface area contributed by atoms with E-state index in [1.165, 1.54) is 0 Å². The maximum absolute atomic E-state index is 11.5. The Hall–Kier alpha value is -0.770. The van der Waals surface area contributed by atoms with Crippen molar-refractivity contribution in [2.24, 2.45) is 22.5 Å². The van der Waals surface area contributed by atoms with Crippen LogP contribution in [-0.2, 0) is 4.74 Å². The van der Waals surface area contributed by atoms with Crippen molar-refractivity contribution in [3.05, 3.63) is 0 Å². The highest BCUT2D eigenvalue weighted by atomic mass is 16.6. The molecule has 1 aliphatic rings. The van der Waals surface area contributed by atoms with E-state index >= 15 is 0 Å². The molecule has 0 aromatic carbocycles. The van der Waals surface area contributed by atoms with Gasteiger partial charge in [0.1, 0.15) is 5.60 Å². The Bertz CT molecular complexity index is 315. The highest BCUT2D eigenvalue weighted by Crippen LogP contribution is 2.69. The largest absolute Gasteiger partial charge is 0.444 e. The third-order valence-electron chi connectivity index (χ3n) is 4.44. The monoisotopic (exact) mass is 256 g/mol. The van der Waals surface area contributed by atoms with E-state index < -0.39 is 11.7 Å². The molecule has 106 valence electrons. The van der Waals surface area contributed by atoms with Crippen LogP contribution in [0.3, 0.4) is 0 Å². The normalized spacial score (nSPS) is 23.3. The van der Waals surface area contributed by atoms with Gasteiger partial charge in [-0.2, -0.15) is 0 Å². The Balaban J connectivity index is 2.40. The highest BCUT2D eigenvalue weighted by molar-refractivity contribution is 5.67. The summed E-state index contributed by atoms with van der Waals surface area (Å²) in [6.45, 7) is 14.9. The zero-order chi connectivity index (χ0) is 14.4. The number of amides is 1. The van der Waals surface area contributed by atoms with Gasteiger partial charge in [-0.15, -0.1) is 0 Å². The van der Waals surface area contributed by atoms with Gasteiger partial charge in [0, 0.05) is 12.6 Å². The van der Waals surface area contributed by atoms with Gasteiger partial charge >= 0.3 is 6.09 Å². The second-order valence-corrected chi connectivity index (χ2v) is 7.47. The van der Waals surface area contributed by atoms with E-state index in [-0.39, 0.29) is 16.9 Å². The number of hydrogen-bond acceptors (Lipinski definition) is 3. The topological polar surface area (TPSA) is 64.3 Å². The fraction of sp³-hybridized carbons (Fsp3) is 0.929. The minimum absolute atomic E-state index is 0.0254. The molecule has 1 fully saturated rings. The lowest BCUT2D eigenvalue weighted by Gasteiger charge is -2.21. The predicted octanol–water partition coefficient (Wildman–Crippen LogP) is 2.52. The summed E-state index contributed by atoms with van der Waals surface area (Å²) in [4.78, 5) is 11.5. The summed E-state index contributed by atoms with van der Waals surface area (Å²) in [5.74, 6) is 0.430. The van der Waals surface area contributed by atoms with Crippen LogP contribution in [-0.4, -0.2) is 24.3 Å². The van der Waals surface area contributed by atoms with Gasteiger partial charge in [0.15, 0.2) is 0 Å². The lowest BCUT2D eigenvalue weighted by atomic mass is 10.0. The molecule has 0 aromatic heterocycles. The molecule has 0 radical (unpaired) electrons. The summed E-state index contributed by atoms with van der Waals surface area (Å²) >= 11 is 0. The van der Waals surface area contributed by atoms with Gasteiger partial charge in [0.2, 0.25) is 0 Å². The van der Waals surface area contributed by atoms with Crippen molar-refractivity contribution >= 4 is 6.09 Å². The van der Waals surface area contributed by atoms with Gasteiger partial charge in [-0.25, -0.2) is 4.79 Å². The predicted molar refractivity (Wildman–Crippen MR) is 73.3 cm³/mol. The number of ether oxygens (including phenoxy) is 1. The summed E-state index contributed by atoms with van der Waals surface area (Å²) in [6, 6.07) is -0.0254. The molecule has 0 bridgehead atoms. The minimum Gasteiger partial charge on any atom is -0.444 e. The summed E-state index contributed by atoms with van der Waals surface area (Å²) in [5.41, 5.74) is 6.18. The van der Waals surface area contributed by atoms with Gasteiger partial charge in [0.25, 0.3) is 0 Å². The van der Waals surface area contributed by atoms with Crippen LogP contribution in [0.4, 0.5) is 4.79 Å². The molecule has 1 amide bonds. The first kappa shape index (κ1) is 15.3. The lowest BCUT2D eigenvalue weighted by Crippen LogP contribution is -2.42. The van der Waals surface area contributed by atoms with Crippen molar-refractivity contribution in [2.75, 3.05) is 6.54 Å². The fourth-order valence-electron chi connectivity index (χ4n) is 2.95. The smallest absolute Gasteiger partial charge is 0.407 e. The van der Waals surface area contributed by atoms with E-state index in [4.69, 9.17) is 10.5 Å². The lowest BCUT2D eigenvalue weighted by molar-refractivity contribution is 0.0522. The number of carbonyl (C=O) groups excluding carboxylic acids is 1. The molecule has 1 saturated carbocycles. The van der Waals surface area contributed by atoms with Crippen LogP contribution in [0.5, 0.6) is 0 Å². The Kier molecular flexibility index (Phi) is 3.74. The summed E-state index contributed by atoms with van der Waals surface area (Å²) in [5, 5.41) is 2.75. The third-order valence-corrected chi connectivity index (χ3v) is 4.44. The molecule has 3 N–H and O–H groups in total. The first-order chi connectivity index (χ1) is 7.89. The number of alkyl carbamates (subject to hydrolysis) is 1. The molecule has 1 unspecified atom stereocenters. The molecule has 0 spiro atoms. The van der Waals surface area contributed by atoms with Gasteiger partial charge < -0.3 is 15.8 Å². The zero-order valence-corrected chi connectivity index (χ0v) is 12.8. The number of hydrogen-bond donors (Lipinski definition) is 2. The van der Waals surface area contributed by atoms with Crippen molar-refractivity contribution < 1.29 is 9.53 Å². The molecule has 1 atom stereocenters. The number of nitrogens with two attached hydrogens (primary N) is 1. The van der Waals surface area contributed by atoms with Crippen LogP contribution in [0, 0.1) is 16.7 Å². The molecule has 18 heavy (non-hydrogen) atoms. The van der Waals surface area contributed by atoms with Crippen LogP contribution >= 0.6 is 0 Å². The maximum atomic E-state index is 11.5. The summed E-state index contributed by atoms with van der Waals surface area (Å²) < 4.78 is 5.19. The van der Waals surface area contributed by atoms with Gasteiger partial charge in [0.05, 0.1) is 0 Å². The average Bonchev–Trinajstić information content (AvgIpc) is 2.51. The maximum Gasteiger partial charge on any atom is 0.407 e. The molecular formula is C14H28N2O2. The first-order valence-electron chi connectivity index (χ1n) is 6.62. The Morgan fingerprint density at radius 2 is 1.72 bits per heavy atom. The quantitative estimate of drug-likeness (QED) is 0.815. The van der Waals surface area contributed by atoms with E-state index in [1.54, 1.807) is 0 Å². The van der Waals surface area contributed by atoms with Crippen molar-refractivity contribution in [1.29, 1.82) is 0 Å². The highest BCUT2D eigenvalue weighted by Gasteiger charge is 2.66. The standard InChI is InChI=1S/C14H28N2O2/c1-12(2,3)18-11(17)16-8-9(15)10-13(4,5)14(10,6)7/h9-10H,8,15H2,1-7H3,(H,16,17). The molecule has 1 aliphatic carbocycles. The third kappa shape index (κ3) is 2.97. The van der Waals surface area contributed by atoms with Crippen LogP contribution in [0.1, 0.15) is 48.5 Å². The Labute approximate surface area is 111 Å². The number of carbonyl (C=O) groups is 1. The van der Waals surface area contributed by atoms with Gasteiger partial charge in [-0.1, -0.05) is 27.7 Å². The molecular weight excluding hydrogens is 228 g/mol. The zero-order valence-electron chi connectivity index (χ0n) is 12.8. The van der Waals surface area contributed by atoms with Crippen LogP contribution < -0.4 is 11.1 Å². The van der Waals surface area contributed by atoms with Crippen molar-refractivity contribution in [2.45, 2.75) is 60.1 Å². The molecule has 4 heteroatoms. The van der Waals surface area contributed by atoms with Crippen molar-refractivity contribution in [3.8, 4) is 0 Å². The molecule has 1 rings (SSSR count). The number of nitrogens with one attached hydrogen (secondary N) is 1. The fourth-order valence-corrected chi connectivity index (χ4v) is 2.95. The van der Waals surface area contributed by atoms with E-state index in [9.17, 15) is 4.79 Å². The molecule has 0 heterocycles. The van der Waals surface area contributed by atoms with Crippen LogP contribution in [0.25, 0.3) is 0 Å². The van der Waals surface area contributed by atoms with Crippen molar-refractivity contribution in [3.63, 3.8) is 0 Å². The van der Waals surface area contributed by atoms with E-state index in [1.807, 2.05) is 20.8 Å². The second-order valence-electron chi connectivity index (χ2n) is 7.47. The molecule has 0 aliphatic heterocycles. The summed E-state index contributed by atoms with van der Waals surface area (Å²) in [6.07, 6.45) is -0.394.